The molecule has 0 aliphatic rings. The molecule has 7 heteroatoms. The molecule has 1 amide bonds. The standard InChI is InChI=1S/C18H30N4O2.HI/c1-5-19-18(20-12-11-17(23)22-14(3)4)21-13-15-9-7-8-10-16(15)24-6-2;/h7-10,14H,5-6,11-13H2,1-4H3,(H,22,23)(H2,19,20,21);1H. The van der Waals surface area contributed by atoms with Gasteiger partial charge in [-0.1, -0.05) is 18.2 Å². The van der Waals surface area contributed by atoms with E-state index in [1.165, 1.54) is 0 Å². The fraction of sp³-hybridized carbons (Fsp3) is 0.556. The second kappa shape index (κ2) is 13.7. The molecule has 0 aliphatic carbocycles. The van der Waals surface area contributed by atoms with Gasteiger partial charge in [0.2, 0.25) is 5.91 Å². The molecular weight excluding hydrogens is 431 g/mol. The van der Waals surface area contributed by atoms with E-state index in [-0.39, 0.29) is 35.9 Å². The van der Waals surface area contributed by atoms with Gasteiger partial charge in [0, 0.05) is 31.1 Å². The van der Waals surface area contributed by atoms with E-state index in [4.69, 9.17) is 4.74 Å². The number of benzene rings is 1. The lowest BCUT2D eigenvalue weighted by atomic mass is 10.2. The topological polar surface area (TPSA) is 74.8 Å². The van der Waals surface area contributed by atoms with Crippen molar-refractivity contribution in [3.63, 3.8) is 0 Å². The van der Waals surface area contributed by atoms with Crippen molar-refractivity contribution in [2.75, 3.05) is 19.7 Å². The molecule has 1 aromatic carbocycles. The van der Waals surface area contributed by atoms with Crippen LogP contribution in [0.2, 0.25) is 0 Å². The Bertz CT molecular complexity index is 536. The maximum atomic E-state index is 11.7. The monoisotopic (exact) mass is 462 g/mol. The first-order chi connectivity index (χ1) is 11.6. The van der Waals surface area contributed by atoms with Gasteiger partial charge in [0.1, 0.15) is 5.75 Å². The SMILES string of the molecule is CCNC(=NCc1ccccc1OCC)NCCC(=O)NC(C)C.I. The summed E-state index contributed by atoms with van der Waals surface area (Å²) in [5.74, 6) is 1.59. The minimum Gasteiger partial charge on any atom is -0.494 e. The second-order valence-corrected chi connectivity index (χ2v) is 5.63. The first-order valence-corrected chi connectivity index (χ1v) is 8.59. The summed E-state index contributed by atoms with van der Waals surface area (Å²) in [5, 5.41) is 9.24. The van der Waals surface area contributed by atoms with E-state index in [0.717, 1.165) is 17.9 Å². The molecule has 0 radical (unpaired) electrons. The summed E-state index contributed by atoms with van der Waals surface area (Å²) in [4.78, 5) is 16.2. The molecule has 0 saturated carbocycles. The molecule has 0 bridgehead atoms. The summed E-state index contributed by atoms with van der Waals surface area (Å²) in [6, 6.07) is 8.05. The number of guanidine groups is 1. The molecule has 0 aliphatic heterocycles. The third-order valence-corrected chi connectivity index (χ3v) is 3.12. The lowest BCUT2D eigenvalue weighted by Crippen LogP contribution is -2.40. The number of carbonyl (C=O) groups excluding carboxylic acids is 1. The number of nitrogens with zero attached hydrogens (tertiary/aromatic N) is 1. The largest absolute Gasteiger partial charge is 0.494 e. The first-order valence-electron chi connectivity index (χ1n) is 8.59. The van der Waals surface area contributed by atoms with Gasteiger partial charge in [0.25, 0.3) is 0 Å². The predicted octanol–water partition coefficient (Wildman–Crippen LogP) is 2.67. The maximum absolute atomic E-state index is 11.7. The van der Waals surface area contributed by atoms with E-state index >= 15 is 0 Å². The Morgan fingerprint density at radius 3 is 2.56 bits per heavy atom. The van der Waals surface area contributed by atoms with Crippen molar-refractivity contribution in [1.82, 2.24) is 16.0 Å². The number of aliphatic imine (C=N–C) groups is 1. The van der Waals surface area contributed by atoms with Crippen LogP contribution in [0.3, 0.4) is 0 Å². The number of hydrogen-bond acceptors (Lipinski definition) is 3. The van der Waals surface area contributed by atoms with Crippen LogP contribution in [0.15, 0.2) is 29.3 Å². The Labute approximate surface area is 168 Å². The minimum absolute atomic E-state index is 0. The van der Waals surface area contributed by atoms with Gasteiger partial charge in [-0.05, 0) is 33.8 Å². The average molecular weight is 462 g/mol. The van der Waals surface area contributed by atoms with Gasteiger partial charge in [-0.25, -0.2) is 4.99 Å². The highest BCUT2D eigenvalue weighted by Gasteiger charge is 2.05. The summed E-state index contributed by atoms with van der Waals surface area (Å²) in [6.07, 6.45) is 0.415. The fourth-order valence-electron chi connectivity index (χ4n) is 2.13. The Morgan fingerprint density at radius 2 is 1.92 bits per heavy atom. The van der Waals surface area contributed by atoms with Crippen molar-refractivity contribution in [2.45, 2.75) is 46.7 Å². The van der Waals surface area contributed by atoms with Crippen LogP contribution in [0.1, 0.15) is 39.7 Å². The van der Waals surface area contributed by atoms with Crippen molar-refractivity contribution in [3.05, 3.63) is 29.8 Å². The molecule has 142 valence electrons. The average Bonchev–Trinajstić information content (AvgIpc) is 2.53. The highest BCUT2D eigenvalue weighted by molar-refractivity contribution is 14.0. The van der Waals surface area contributed by atoms with Gasteiger partial charge in [-0.15, -0.1) is 24.0 Å². The highest BCUT2D eigenvalue weighted by Crippen LogP contribution is 2.18. The van der Waals surface area contributed by atoms with Crippen LogP contribution in [0.25, 0.3) is 0 Å². The van der Waals surface area contributed by atoms with E-state index in [1.807, 2.05) is 52.0 Å². The fourth-order valence-corrected chi connectivity index (χ4v) is 2.13. The van der Waals surface area contributed by atoms with Crippen LogP contribution in [0.5, 0.6) is 5.75 Å². The second-order valence-electron chi connectivity index (χ2n) is 5.63. The van der Waals surface area contributed by atoms with Gasteiger partial charge in [-0.2, -0.15) is 0 Å². The number of rotatable bonds is 9. The number of amides is 1. The Hall–Kier alpha value is -1.51. The quantitative estimate of drug-likeness (QED) is 0.300. The molecule has 1 rings (SSSR count). The van der Waals surface area contributed by atoms with E-state index in [2.05, 4.69) is 20.9 Å². The lowest BCUT2D eigenvalue weighted by Gasteiger charge is -2.13. The number of ether oxygens (including phenoxy) is 1. The first kappa shape index (κ1) is 23.5. The molecule has 0 unspecified atom stereocenters. The van der Waals surface area contributed by atoms with E-state index in [9.17, 15) is 4.79 Å². The van der Waals surface area contributed by atoms with Crippen molar-refractivity contribution < 1.29 is 9.53 Å². The van der Waals surface area contributed by atoms with Crippen LogP contribution >= 0.6 is 24.0 Å². The van der Waals surface area contributed by atoms with Crippen LogP contribution in [0.4, 0.5) is 0 Å². The molecule has 0 heterocycles. The molecule has 0 atom stereocenters. The molecule has 25 heavy (non-hydrogen) atoms. The molecule has 1 aromatic rings. The van der Waals surface area contributed by atoms with Gasteiger partial charge in [0.05, 0.1) is 13.2 Å². The zero-order valence-corrected chi connectivity index (χ0v) is 17.9. The zero-order valence-electron chi connectivity index (χ0n) is 15.6. The van der Waals surface area contributed by atoms with Crippen LogP contribution in [-0.2, 0) is 11.3 Å². The highest BCUT2D eigenvalue weighted by atomic mass is 127. The third-order valence-electron chi connectivity index (χ3n) is 3.12. The van der Waals surface area contributed by atoms with E-state index < -0.39 is 0 Å². The van der Waals surface area contributed by atoms with E-state index in [0.29, 0.717) is 32.1 Å². The molecule has 0 aromatic heterocycles. The smallest absolute Gasteiger partial charge is 0.221 e. The Balaban J connectivity index is 0.00000576. The van der Waals surface area contributed by atoms with Gasteiger partial charge in [0.15, 0.2) is 5.96 Å². The summed E-state index contributed by atoms with van der Waals surface area (Å²) >= 11 is 0. The Morgan fingerprint density at radius 1 is 1.20 bits per heavy atom. The van der Waals surface area contributed by atoms with Crippen LogP contribution in [0, 0.1) is 0 Å². The van der Waals surface area contributed by atoms with Crippen molar-refractivity contribution in [3.8, 4) is 5.75 Å². The molecular formula is C18H31IN4O2. The number of nitrogens with one attached hydrogen (secondary N) is 3. The number of hydrogen-bond donors (Lipinski definition) is 3. The molecule has 0 fully saturated rings. The molecule has 3 N–H and O–H groups in total. The maximum Gasteiger partial charge on any atom is 0.221 e. The predicted molar refractivity (Wildman–Crippen MR) is 114 cm³/mol. The Kier molecular flexibility index (Phi) is 12.9. The normalized spacial score (nSPS) is 10.8. The van der Waals surface area contributed by atoms with Crippen LogP contribution in [-0.4, -0.2) is 37.6 Å². The third kappa shape index (κ3) is 10.2. The van der Waals surface area contributed by atoms with Crippen LogP contribution < -0.4 is 20.7 Å². The summed E-state index contributed by atoms with van der Waals surface area (Å²) < 4.78 is 5.62. The summed E-state index contributed by atoms with van der Waals surface area (Å²) in [6.45, 7) is 10.3. The van der Waals surface area contributed by atoms with Crippen molar-refractivity contribution in [2.24, 2.45) is 4.99 Å². The summed E-state index contributed by atoms with van der Waals surface area (Å²) in [5.41, 5.74) is 1.04. The lowest BCUT2D eigenvalue weighted by molar-refractivity contribution is -0.121. The van der Waals surface area contributed by atoms with Crippen molar-refractivity contribution in [1.29, 1.82) is 0 Å². The summed E-state index contributed by atoms with van der Waals surface area (Å²) in [7, 11) is 0. The number of carbonyl (C=O) groups is 1. The number of halogens is 1. The molecule has 6 nitrogen and oxygen atoms in total. The van der Waals surface area contributed by atoms with Gasteiger partial charge in [-0.3, -0.25) is 4.79 Å². The number of para-hydroxylation sites is 1. The van der Waals surface area contributed by atoms with Gasteiger partial charge >= 0.3 is 0 Å². The zero-order chi connectivity index (χ0) is 17.8. The molecule has 0 saturated heterocycles. The minimum atomic E-state index is 0. The van der Waals surface area contributed by atoms with Crippen molar-refractivity contribution >= 4 is 35.8 Å². The van der Waals surface area contributed by atoms with Gasteiger partial charge < -0.3 is 20.7 Å². The molecule has 0 spiro atoms. The van der Waals surface area contributed by atoms with E-state index in [1.54, 1.807) is 0 Å².